The molecule has 4 aromatic rings. The van der Waals surface area contributed by atoms with E-state index >= 15 is 0 Å². The van der Waals surface area contributed by atoms with Crippen LogP contribution in [-0.4, -0.2) is 22.7 Å². The molecule has 1 aliphatic rings. The van der Waals surface area contributed by atoms with Crippen LogP contribution in [0.3, 0.4) is 0 Å². The van der Waals surface area contributed by atoms with Gasteiger partial charge in [-0.05, 0) is 47.4 Å². The third-order valence-corrected chi connectivity index (χ3v) is 6.30. The Morgan fingerprint density at radius 2 is 2.00 bits per heavy atom. The van der Waals surface area contributed by atoms with Gasteiger partial charge in [0, 0.05) is 12.4 Å². The number of amides is 1. The van der Waals surface area contributed by atoms with Crippen molar-refractivity contribution < 1.29 is 14.3 Å². The summed E-state index contributed by atoms with van der Waals surface area (Å²) in [5.41, 5.74) is 3.99. The number of para-hydroxylation sites is 1. The lowest BCUT2D eigenvalue weighted by atomic mass is 10.1. The van der Waals surface area contributed by atoms with Crippen LogP contribution in [0.5, 0.6) is 11.5 Å². The molecule has 0 aliphatic carbocycles. The van der Waals surface area contributed by atoms with E-state index in [2.05, 4.69) is 24.0 Å². The van der Waals surface area contributed by atoms with Crippen LogP contribution in [0, 0.1) is 0 Å². The Balaban J connectivity index is 1.49. The Kier molecular flexibility index (Phi) is 5.26. The molecule has 0 fully saturated rings. The monoisotopic (exact) mass is 431 g/mol. The lowest BCUT2D eigenvalue weighted by Crippen LogP contribution is -2.31. The van der Waals surface area contributed by atoms with Crippen molar-refractivity contribution in [1.29, 1.82) is 0 Å². The highest BCUT2D eigenvalue weighted by atomic mass is 32.1. The number of nitrogens with zero attached hydrogens (tertiary/aromatic N) is 3. The van der Waals surface area contributed by atoms with Gasteiger partial charge in [0.05, 0.1) is 23.2 Å². The third kappa shape index (κ3) is 3.96. The highest BCUT2D eigenvalue weighted by Crippen LogP contribution is 2.34. The first-order valence-electron chi connectivity index (χ1n) is 10.2. The smallest absolute Gasteiger partial charge is 0.233 e. The van der Waals surface area contributed by atoms with Crippen molar-refractivity contribution in [3.05, 3.63) is 77.6 Å². The molecule has 156 valence electrons. The number of hydrogen-bond donors (Lipinski definition) is 0. The zero-order chi connectivity index (χ0) is 21.2. The van der Waals surface area contributed by atoms with Gasteiger partial charge in [-0.1, -0.05) is 42.5 Å². The Labute approximate surface area is 184 Å². The van der Waals surface area contributed by atoms with Gasteiger partial charge in [0.15, 0.2) is 16.6 Å². The molecule has 0 unspecified atom stereocenters. The zero-order valence-electron chi connectivity index (χ0n) is 17.1. The summed E-state index contributed by atoms with van der Waals surface area (Å²) in [7, 11) is 0. The molecule has 0 saturated carbocycles. The number of thiazole rings is 1. The number of anilines is 1. The molecule has 0 bridgehead atoms. The molecule has 0 N–H and O–H groups in total. The van der Waals surface area contributed by atoms with E-state index in [9.17, 15) is 4.79 Å². The van der Waals surface area contributed by atoms with Crippen molar-refractivity contribution >= 4 is 32.6 Å². The molecular formula is C24H21N3O3S. The predicted octanol–water partition coefficient (Wildman–Crippen LogP) is 4.76. The lowest BCUT2D eigenvalue weighted by Gasteiger charge is -2.20. The summed E-state index contributed by atoms with van der Waals surface area (Å²) in [6, 6.07) is 15.7. The lowest BCUT2D eigenvalue weighted by molar-refractivity contribution is -0.118. The van der Waals surface area contributed by atoms with Crippen LogP contribution in [0.15, 0.2) is 60.9 Å². The molecule has 31 heavy (non-hydrogen) atoms. The second-order valence-corrected chi connectivity index (χ2v) is 8.33. The molecule has 2 aromatic heterocycles. The van der Waals surface area contributed by atoms with Crippen LogP contribution in [-0.2, 0) is 24.2 Å². The number of fused-ring (bicyclic) bond motifs is 2. The van der Waals surface area contributed by atoms with Crippen molar-refractivity contribution in [2.45, 2.75) is 26.3 Å². The van der Waals surface area contributed by atoms with Crippen molar-refractivity contribution in [3.63, 3.8) is 0 Å². The van der Waals surface area contributed by atoms with Gasteiger partial charge in [-0.3, -0.25) is 14.7 Å². The van der Waals surface area contributed by atoms with Crippen LogP contribution in [0.25, 0.3) is 10.2 Å². The fourth-order valence-electron chi connectivity index (χ4n) is 3.65. The molecule has 7 heteroatoms. The third-order valence-electron chi connectivity index (χ3n) is 5.26. The Bertz CT molecular complexity index is 1240. The maximum Gasteiger partial charge on any atom is 0.233 e. The second-order valence-electron chi connectivity index (χ2n) is 7.32. The number of pyridine rings is 1. The van der Waals surface area contributed by atoms with Gasteiger partial charge < -0.3 is 9.47 Å². The van der Waals surface area contributed by atoms with Gasteiger partial charge >= 0.3 is 0 Å². The van der Waals surface area contributed by atoms with E-state index < -0.39 is 0 Å². The summed E-state index contributed by atoms with van der Waals surface area (Å²) < 4.78 is 11.9. The zero-order valence-corrected chi connectivity index (χ0v) is 17.9. The van der Waals surface area contributed by atoms with E-state index in [1.54, 1.807) is 28.6 Å². The van der Waals surface area contributed by atoms with Gasteiger partial charge in [-0.2, -0.15) is 0 Å². The van der Waals surface area contributed by atoms with Gasteiger partial charge in [0.2, 0.25) is 12.7 Å². The summed E-state index contributed by atoms with van der Waals surface area (Å²) >= 11 is 1.54. The van der Waals surface area contributed by atoms with Gasteiger partial charge in [-0.25, -0.2) is 4.98 Å². The number of hydrogen-bond acceptors (Lipinski definition) is 6. The normalized spacial score (nSPS) is 12.3. The number of aryl methyl sites for hydroxylation is 1. The van der Waals surface area contributed by atoms with Crippen molar-refractivity contribution in [3.8, 4) is 11.5 Å². The van der Waals surface area contributed by atoms with Crippen LogP contribution in [0.4, 0.5) is 5.13 Å². The minimum Gasteiger partial charge on any atom is -0.454 e. The van der Waals surface area contributed by atoms with Crippen molar-refractivity contribution in [2.24, 2.45) is 0 Å². The number of carbonyl (C=O) groups excluding carboxylic acids is 1. The molecule has 0 spiro atoms. The first-order valence-corrected chi connectivity index (χ1v) is 11.0. The van der Waals surface area contributed by atoms with Crippen LogP contribution in [0.1, 0.15) is 23.6 Å². The van der Waals surface area contributed by atoms with Crippen LogP contribution < -0.4 is 14.4 Å². The standard InChI is InChI=1S/C24H21N3O3S/c1-2-18-6-3-7-21-23(18)26-24(31-21)27(14-17-5-4-10-25-13-17)22(28)12-16-8-9-19-20(11-16)30-15-29-19/h3-11,13H,2,12,14-15H2,1H3. The fraction of sp³-hybridized carbons (Fsp3) is 0.208. The SMILES string of the molecule is CCc1cccc2sc(N(Cc3cccnc3)C(=O)Cc3ccc4c(c3)OCO4)nc12. The van der Waals surface area contributed by atoms with E-state index in [-0.39, 0.29) is 19.1 Å². The minimum atomic E-state index is -0.0279. The van der Waals surface area contributed by atoms with E-state index in [0.717, 1.165) is 27.8 Å². The fourth-order valence-corrected chi connectivity index (χ4v) is 4.68. The van der Waals surface area contributed by atoms with Gasteiger partial charge in [-0.15, -0.1) is 0 Å². The number of carbonyl (C=O) groups is 1. The molecule has 0 saturated heterocycles. The Morgan fingerprint density at radius 1 is 1.10 bits per heavy atom. The predicted molar refractivity (Wildman–Crippen MR) is 121 cm³/mol. The average molecular weight is 432 g/mol. The number of ether oxygens (including phenoxy) is 2. The second kappa shape index (κ2) is 8.35. The van der Waals surface area contributed by atoms with Crippen molar-refractivity contribution in [1.82, 2.24) is 9.97 Å². The number of rotatable bonds is 6. The van der Waals surface area contributed by atoms with E-state index in [4.69, 9.17) is 14.5 Å². The highest BCUT2D eigenvalue weighted by Gasteiger charge is 2.22. The number of benzene rings is 2. The highest BCUT2D eigenvalue weighted by molar-refractivity contribution is 7.22. The topological polar surface area (TPSA) is 64.6 Å². The first kappa shape index (κ1) is 19.5. The molecule has 0 radical (unpaired) electrons. The summed E-state index contributed by atoms with van der Waals surface area (Å²) in [6.07, 6.45) is 4.65. The van der Waals surface area contributed by atoms with Crippen molar-refractivity contribution in [2.75, 3.05) is 11.7 Å². The molecule has 1 amide bonds. The molecule has 3 heterocycles. The summed E-state index contributed by atoms with van der Waals surface area (Å²) in [5.74, 6) is 1.36. The number of aromatic nitrogens is 2. The van der Waals surface area contributed by atoms with Crippen LogP contribution >= 0.6 is 11.3 Å². The van der Waals surface area contributed by atoms with Gasteiger partial charge in [0.1, 0.15) is 0 Å². The summed E-state index contributed by atoms with van der Waals surface area (Å²) in [4.78, 5) is 24.3. The largest absolute Gasteiger partial charge is 0.454 e. The molecule has 6 nitrogen and oxygen atoms in total. The molecule has 0 atom stereocenters. The summed E-state index contributed by atoms with van der Waals surface area (Å²) in [5, 5.41) is 0.700. The quantitative estimate of drug-likeness (QED) is 0.440. The molecule has 1 aliphatic heterocycles. The average Bonchev–Trinajstić information content (AvgIpc) is 3.44. The minimum absolute atomic E-state index is 0.0279. The summed E-state index contributed by atoms with van der Waals surface area (Å²) in [6.45, 7) is 2.75. The van der Waals surface area contributed by atoms with Crippen LogP contribution in [0.2, 0.25) is 0 Å². The molecule has 5 rings (SSSR count). The Hall–Kier alpha value is -3.45. The van der Waals surface area contributed by atoms with E-state index in [1.165, 1.54) is 5.56 Å². The Morgan fingerprint density at radius 3 is 2.84 bits per heavy atom. The molecule has 2 aromatic carbocycles. The van der Waals surface area contributed by atoms with E-state index in [1.807, 2.05) is 36.4 Å². The molecular weight excluding hydrogens is 410 g/mol. The first-order chi connectivity index (χ1) is 15.2. The maximum absolute atomic E-state index is 13.4. The maximum atomic E-state index is 13.4. The van der Waals surface area contributed by atoms with E-state index in [0.29, 0.717) is 23.2 Å². The van der Waals surface area contributed by atoms with Gasteiger partial charge in [0.25, 0.3) is 0 Å².